The molecule has 5 nitrogen and oxygen atoms in total. The van der Waals surface area contributed by atoms with Crippen LogP contribution in [0.2, 0.25) is 0 Å². The molecule has 0 fully saturated rings. The third-order valence-corrected chi connectivity index (χ3v) is 4.10. The van der Waals surface area contributed by atoms with E-state index in [9.17, 15) is 8.42 Å². The summed E-state index contributed by atoms with van der Waals surface area (Å²) >= 11 is 0. The first kappa shape index (κ1) is 15.0. The number of nitrogens with one attached hydrogen (secondary N) is 2. The molecule has 18 heavy (non-hydrogen) atoms. The van der Waals surface area contributed by atoms with Crippen molar-refractivity contribution in [3.05, 3.63) is 23.5 Å². The molecule has 0 aromatic carbocycles. The molecule has 6 heteroatoms. The average molecular weight is 273 g/mol. The van der Waals surface area contributed by atoms with Crippen molar-refractivity contribution in [1.29, 1.82) is 0 Å². The van der Waals surface area contributed by atoms with Crippen molar-refractivity contribution < 1.29 is 8.42 Å². The van der Waals surface area contributed by atoms with Gasteiger partial charge >= 0.3 is 0 Å². The Balaban J connectivity index is 2.70. The third-order valence-electron chi connectivity index (χ3n) is 3.31. The summed E-state index contributed by atoms with van der Waals surface area (Å²) in [5.41, 5.74) is 7.81. The maximum atomic E-state index is 11.1. The molecule has 1 aliphatic rings. The van der Waals surface area contributed by atoms with Crippen LogP contribution >= 0.6 is 0 Å². The van der Waals surface area contributed by atoms with Crippen LogP contribution in [0.25, 0.3) is 0 Å². The summed E-state index contributed by atoms with van der Waals surface area (Å²) in [6.45, 7) is 5.98. The quantitative estimate of drug-likeness (QED) is 0.653. The molecule has 0 aromatic rings. The summed E-state index contributed by atoms with van der Waals surface area (Å²) in [4.78, 5) is 0. The van der Waals surface area contributed by atoms with Crippen LogP contribution in [0, 0.1) is 5.41 Å². The van der Waals surface area contributed by atoms with Crippen molar-refractivity contribution in [2.45, 2.75) is 39.8 Å². The van der Waals surface area contributed by atoms with Gasteiger partial charge in [-0.1, -0.05) is 13.8 Å². The van der Waals surface area contributed by atoms with E-state index in [0.717, 1.165) is 30.5 Å². The summed E-state index contributed by atoms with van der Waals surface area (Å²) in [6.07, 6.45) is 6.36. The Morgan fingerprint density at radius 3 is 2.61 bits per heavy atom. The predicted octanol–water partition coefficient (Wildman–Crippen LogP) is 1.02. The van der Waals surface area contributed by atoms with E-state index < -0.39 is 10.0 Å². The third kappa shape index (κ3) is 4.03. The lowest BCUT2D eigenvalue weighted by Crippen LogP contribution is -2.43. The van der Waals surface area contributed by atoms with Gasteiger partial charge in [0.2, 0.25) is 10.0 Å². The summed E-state index contributed by atoms with van der Waals surface area (Å²) in [5.74, 6) is 0. The average Bonchev–Trinajstić information content (AvgIpc) is 2.21. The normalized spacial score (nSPS) is 26.2. The Morgan fingerprint density at radius 2 is 2.11 bits per heavy atom. The molecule has 104 valence electrons. The molecule has 0 radical (unpaired) electrons. The molecule has 0 aliphatic heterocycles. The SMILES string of the molecule is CCC1(C)CC(NC(C)NS(C)(=O)=O)=CC=C1N. The van der Waals surface area contributed by atoms with Gasteiger partial charge in [-0.2, -0.15) is 4.72 Å². The lowest BCUT2D eigenvalue weighted by atomic mass is 9.77. The van der Waals surface area contributed by atoms with Crippen LogP contribution in [0.4, 0.5) is 0 Å². The van der Waals surface area contributed by atoms with Crippen molar-refractivity contribution in [3.8, 4) is 0 Å². The molecule has 0 bridgehead atoms. The number of nitrogens with two attached hydrogens (primary N) is 1. The molecule has 0 spiro atoms. The van der Waals surface area contributed by atoms with Crippen molar-refractivity contribution in [1.82, 2.24) is 10.0 Å². The Kier molecular flexibility index (Phi) is 4.45. The Hall–Kier alpha value is -1.01. The van der Waals surface area contributed by atoms with Gasteiger partial charge in [-0.25, -0.2) is 8.42 Å². The molecular weight excluding hydrogens is 250 g/mol. The van der Waals surface area contributed by atoms with E-state index in [4.69, 9.17) is 5.73 Å². The fourth-order valence-corrected chi connectivity index (χ4v) is 2.73. The van der Waals surface area contributed by atoms with E-state index in [1.807, 2.05) is 12.2 Å². The molecule has 2 unspecified atom stereocenters. The Morgan fingerprint density at radius 1 is 1.50 bits per heavy atom. The molecular formula is C12H23N3O2S. The number of hydrogen-bond donors (Lipinski definition) is 3. The highest BCUT2D eigenvalue weighted by Gasteiger charge is 2.29. The molecule has 0 saturated carbocycles. The minimum Gasteiger partial charge on any atom is -0.402 e. The zero-order valence-corrected chi connectivity index (χ0v) is 12.3. The van der Waals surface area contributed by atoms with Gasteiger partial charge in [-0.15, -0.1) is 0 Å². The maximum Gasteiger partial charge on any atom is 0.210 e. The first-order chi connectivity index (χ1) is 8.16. The van der Waals surface area contributed by atoms with Crippen LogP contribution in [0.3, 0.4) is 0 Å². The molecule has 0 saturated heterocycles. The second-order valence-corrected chi connectivity index (χ2v) is 6.94. The van der Waals surface area contributed by atoms with Crippen molar-refractivity contribution in [2.75, 3.05) is 6.26 Å². The van der Waals surface area contributed by atoms with E-state index in [2.05, 4.69) is 23.9 Å². The molecule has 1 rings (SSSR count). The fourth-order valence-electron chi connectivity index (χ4n) is 2.03. The standard InChI is InChI=1S/C12H23N3O2S/c1-5-12(3)8-10(6-7-11(12)13)14-9(2)15-18(4,16)17/h6-7,9,14-15H,5,8,13H2,1-4H3. The summed E-state index contributed by atoms with van der Waals surface area (Å²) in [5, 5.41) is 3.16. The van der Waals surface area contributed by atoms with Gasteiger partial charge in [0.25, 0.3) is 0 Å². The predicted molar refractivity (Wildman–Crippen MR) is 73.9 cm³/mol. The molecule has 0 aromatic heterocycles. The largest absolute Gasteiger partial charge is 0.402 e. The Labute approximate surface area is 110 Å². The molecule has 1 aliphatic carbocycles. The molecule has 4 N–H and O–H groups in total. The molecule has 2 atom stereocenters. The van der Waals surface area contributed by atoms with Crippen molar-refractivity contribution in [2.24, 2.45) is 11.1 Å². The number of hydrogen-bond acceptors (Lipinski definition) is 4. The zero-order chi connectivity index (χ0) is 14.0. The zero-order valence-electron chi connectivity index (χ0n) is 11.4. The van der Waals surface area contributed by atoms with E-state index in [1.54, 1.807) is 6.92 Å². The first-order valence-corrected chi connectivity index (χ1v) is 7.96. The van der Waals surface area contributed by atoms with Gasteiger partial charge in [-0.3, -0.25) is 0 Å². The maximum absolute atomic E-state index is 11.1. The summed E-state index contributed by atoms with van der Waals surface area (Å²) < 4.78 is 24.7. The summed E-state index contributed by atoms with van der Waals surface area (Å²) in [6, 6.07) is 0. The number of rotatable bonds is 5. The highest BCUT2D eigenvalue weighted by Crippen LogP contribution is 2.36. The van der Waals surface area contributed by atoms with Crippen LogP contribution in [-0.2, 0) is 10.0 Å². The van der Waals surface area contributed by atoms with Gasteiger partial charge in [0.15, 0.2) is 0 Å². The second-order valence-electron chi connectivity index (χ2n) is 5.16. The Bertz CT molecular complexity index is 468. The van der Waals surface area contributed by atoms with Crippen LogP contribution in [0.15, 0.2) is 23.5 Å². The first-order valence-electron chi connectivity index (χ1n) is 6.07. The topological polar surface area (TPSA) is 84.2 Å². The van der Waals surface area contributed by atoms with Gasteiger partial charge < -0.3 is 11.1 Å². The number of allylic oxidation sites excluding steroid dienone is 4. The molecule has 0 amide bonds. The van der Waals surface area contributed by atoms with E-state index in [0.29, 0.717) is 0 Å². The minimum atomic E-state index is -3.20. The van der Waals surface area contributed by atoms with Crippen LogP contribution in [0.5, 0.6) is 0 Å². The lowest BCUT2D eigenvalue weighted by Gasteiger charge is -2.34. The number of sulfonamides is 1. The van der Waals surface area contributed by atoms with E-state index >= 15 is 0 Å². The van der Waals surface area contributed by atoms with E-state index in [1.165, 1.54) is 0 Å². The van der Waals surface area contributed by atoms with Crippen molar-refractivity contribution >= 4 is 10.0 Å². The van der Waals surface area contributed by atoms with Crippen LogP contribution in [0.1, 0.15) is 33.6 Å². The second kappa shape index (κ2) is 5.32. The van der Waals surface area contributed by atoms with Gasteiger partial charge in [0.05, 0.1) is 12.4 Å². The smallest absolute Gasteiger partial charge is 0.210 e. The van der Waals surface area contributed by atoms with E-state index in [-0.39, 0.29) is 11.6 Å². The van der Waals surface area contributed by atoms with Gasteiger partial charge in [0, 0.05) is 16.8 Å². The highest BCUT2D eigenvalue weighted by molar-refractivity contribution is 7.88. The van der Waals surface area contributed by atoms with Crippen molar-refractivity contribution in [3.63, 3.8) is 0 Å². The van der Waals surface area contributed by atoms with Crippen LogP contribution in [-0.4, -0.2) is 20.8 Å². The van der Waals surface area contributed by atoms with Crippen LogP contribution < -0.4 is 15.8 Å². The summed E-state index contributed by atoms with van der Waals surface area (Å²) in [7, 11) is -3.20. The lowest BCUT2D eigenvalue weighted by molar-refractivity contribution is 0.353. The van der Waals surface area contributed by atoms with Gasteiger partial charge in [-0.05, 0) is 31.9 Å². The minimum absolute atomic E-state index is 0.0537. The van der Waals surface area contributed by atoms with Gasteiger partial charge in [0.1, 0.15) is 0 Å². The molecule has 0 heterocycles. The highest BCUT2D eigenvalue weighted by atomic mass is 32.2. The fraction of sp³-hybridized carbons (Fsp3) is 0.667. The monoisotopic (exact) mass is 273 g/mol.